The van der Waals surface area contributed by atoms with Gasteiger partial charge in [0.1, 0.15) is 16.9 Å². The van der Waals surface area contributed by atoms with Crippen molar-refractivity contribution in [2.24, 2.45) is 7.05 Å². The number of piperidine rings is 1. The molecule has 0 radical (unpaired) electrons. The number of hydrogen-bond acceptors (Lipinski definition) is 6. The van der Waals surface area contributed by atoms with Crippen LogP contribution in [0.3, 0.4) is 0 Å². The first-order valence-electron chi connectivity index (χ1n) is 11.4. The van der Waals surface area contributed by atoms with Crippen molar-refractivity contribution in [2.45, 2.75) is 37.6 Å². The van der Waals surface area contributed by atoms with Gasteiger partial charge in [-0.15, -0.1) is 0 Å². The number of likely N-dealkylation sites (tertiary alicyclic amines) is 1. The summed E-state index contributed by atoms with van der Waals surface area (Å²) >= 11 is 0. The molecule has 0 unspecified atom stereocenters. The van der Waals surface area contributed by atoms with Crippen LogP contribution in [0, 0.1) is 23.3 Å². The number of nitrogens with zero attached hydrogens (tertiary/aromatic N) is 2. The molecule has 0 bridgehead atoms. The summed E-state index contributed by atoms with van der Waals surface area (Å²) in [7, 11) is -1.09. The molecule has 3 N–H and O–H groups in total. The zero-order valence-corrected chi connectivity index (χ0v) is 22.2. The maximum absolute atomic E-state index is 14.9. The number of carbonyl (C=O) groups excluding carboxylic acids is 3. The number of carbonyl (C=O) groups is 3. The molecule has 0 saturated carbocycles. The summed E-state index contributed by atoms with van der Waals surface area (Å²) in [5.74, 6) is -7.25. The van der Waals surface area contributed by atoms with Gasteiger partial charge in [0.05, 0.1) is 0 Å². The van der Waals surface area contributed by atoms with Crippen LogP contribution in [0.4, 0.5) is 23.2 Å². The number of benzene rings is 1. The third-order valence-corrected chi connectivity index (χ3v) is 6.67. The third-order valence-electron chi connectivity index (χ3n) is 5.16. The van der Waals surface area contributed by atoms with Crippen molar-refractivity contribution in [2.75, 3.05) is 32.0 Å². The number of anilines is 1. The maximum atomic E-state index is 14.9. The highest BCUT2D eigenvalue weighted by Crippen LogP contribution is 2.24. The predicted molar refractivity (Wildman–Crippen MR) is 132 cm³/mol. The molecule has 1 aliphatic rings. The van der Waals surface area contributed by atoms with Crippen LogP contribution < -0.4 is 15.4 Å². The maximum Gasteiger partial charge on any atom is 0.275 e. The van der Waals surface area contributed by atoms with E-state index in [1.807, 2.05) is 24.2 Å². The fraction of sp³-hybridized carbons (Fsp3) is 0.435. The minimum absolute atomic E-state index is 0.367. The number of rotatable bonds is 7. The summed E-state index contributed by atoms with van der Waals surface area (Å²) < 4.78 is 83.2. The lowest BCUT2D eigenvalue weighted by Crippen LogP contribution is -2.43. The molecule has 0 spiro atoms. The Bertz CT molecular complexity index is 1190. The lowest BCUT2D eigenvalue weighted by Gasteiger charge is -2.29. The second-order valence-electron chi connectivity index (χ2n) is 8.08. The van der Waals surface area contributed by atoms with Crippen LogP contribution >= 0.6 is 0 Å². The largest absolute Gasteiger partial charge is 0.359 e. The molecule has 1 aromatic heterocycles. The molecule has 2 heterocycles. The Labute approximate surface area is 218 Å². The van der Waals surface area contributed by atoms with E-state index in [-0.39, 0.29) is 6.04 Å². The topological polar surface area (TPSA) is 130 Å². The summed E-state index contributed by atoms with van der Waals surface area (Å²) in [6.07, 6.45) is 3.48. The summed E-state index contributed by atoms with van der Waals surface area (Å²) in [6.45, 7) is 5.41. The molecule has 1 aliphatic heterocycles. The molecular weight excluding hydrogens is 534 g/mol. The second-order valence-corrected chi connectivity index (χ2v) is 9.77. The number of halogens is 4. The van der Waals surface area contributed by atoms with Crippen LogP contribution in [0.15, 0.2) is 23.2 Å². The van der Waals surface area contributed by atoms with E-state index in [9.17, 15) is 35.6 Å². The molecule has 38 heavy (non-hydrogen) atoms. The Morgan fingerprint density at radius 3 is 2.03 bits per heavy atom. The minimum Gasteiger partial charge on any atom is -0.359 e. The molecular formula is C23H31F4N5O5S. The van der Waals surface area contributed by atoms with E-state index in [4.69, 9.17) is 4.79 Å². The average Bonchev–Trinajstić information content (AvgIpc) is 3.15. The van der Waals surface area contributed by atoms with Gasteiger partial charge in [-0.2, -0.15) is 0 Å². The lowest BCUT2D eigenvalue weighted by molar-refractivity contribution is -0.109. The van der Waals surface area contributed by atoms with Crippen molar-refractivity contribution in [3.05, 3.63) is 47.3 Å². The zero-order valence-electron chi connectivity index (χ0n) is 21.4. The van der Waals surface area contributed by atoms with Gasteiger partial charge in [-0.25, -0.2) is 30.7 Å². The van der Waals surface area contributed by atoms with Crippen molar-refractivity contribution in [1.82, 2.24) is 19.5 Å². The standard InChI is InChI=1S/C18H20F4N4O3S.C3H7NO.C2H4O/c1-25-5-3-10(4-6-25)24-30(28,29)14-9-26(2)17(16(14)22)18(27)23-11-7-12(19)15(21)13(20)8-11;1-2-4-3-5;1-2-3/h7-10,24H,3-6H2,1-2H3,(H,23,27);3H,2H2,1H3,(H,4,5);2H,1H3. The molecule has 1 saturated heterocycles. The molecule has 2 amide bonds. The molecule has 0 aliphatic carbocycles. The summed E-state index contributed by atoms with van der Waals surface area (Å²) in [5.41, 5.74) is -1.12. The van der Waals surface area contributed by atoms with Crippen LogP contribution in [-0.4, -0.2) is 69.2 Å². The minimum atomic E-state index is -4.25. The number of hydrogen-bond donors (Lipinski definition) is 3. The Morgan fingerprint density at radius 2 is 1.58 bits per heavy atom. The fourth-order valence-electron chi connectivity index (χ4n) is 3.33. The van der Waals surface area contributed by atoms with Crippen LogP contribution in [0.2, 0.25) is 0 Å². The van der Waals surface area contributed by atoms with E-state index in [2.05, 4.69) is 10.0 Å². The number of aryl methyl sites for hydroxylation is 1. The Kier molecular flexibility index (Phi) is 13.1. The monoisotopic (exact) mass is 565 g/mol. The quantitative estimate of drug-likeness (QED) is 0.268. The number of aldehydes is 1. The molecule has 2 aromatic rings. The van der Waals surface area contributed by atoms with E-state index in [0.717, 1.165) is 23.6 Å². The highest BCUT2D eigenvalue weighted by molar-refractivity contribution is 7.89. The third kappa shape index (κ3) is 9.22. The van der Waals surface area contributed by atoms with Crippen LogP contribution in [0.25, 0.3) is 0 Å². The first-order valence-corrected chi connectivity index (χ1v) is 12.9. The first kappa shape index (κ1) is 32.7. The Hall–Kier alpha value is -3.30. The second kappa shape index (κ2) is 15.2. The normalized spacial score (nSPS) is 13.9. The summed E-state index contributed by atoms with van der Waals surface area (Å²) in [4.78, 5) is 31.8. The SMILES string of the molecule is CC=O.CCNC=O.CN1CCC(NS(=O)(=O)c2cn(C)c(C(=O)Nc3cc(F)c(F)c(F)c3)c2F)CC1. The van der Waals surface area contributed by atoms with Gasteiger partial charge in [0, 0.05) is 43.7 Å². The van der Waals surface area contributed by atoms with Crippen LogP contribution in [-0.2, 0) is 26.7 Å². The van der Waals surface area contributed by atoms with Gasteiger partial charge in [-0.3, -0.25) is 9.59 Å². The van der Waals surface area contributed by atoms with Gasteiger partial charge in [-0.1, -0.05) is 0 Å². The average molecular weight is 566 g/mol. The van der Waals surface area contributed by atoms with E-state index >= 15 is 0 Å². The summed E-state index contributed by atoms with van der Waals surface area (Å²) in [6, 6.07) is 0.681. The first-order chi connectivity index (χ1) is 17.8. The molecule has 10 nitrogen and oxygen atoms in total. The number of amides is 2. The van der Waals surface area contributed by atoms with Crippen LogP contribution in [0.1, 0.15) is 37.2 Å². The van der Waals surface area contributed by atoms with Crippen molar-refractivity contribution >= 4 is 34.3 Å². The van der Waals surface area contributed by atoms with Gasteiger partial charge in [0.25, 0.3) is 5.91 Å². The zero-order chi connectivity index (χ0) is 29.0. The van der Waals surface area contributed by atoms with E-state index in [1.54, 1.807) is 0 Å². The predicted octanol–water partition coefficient (Wildman–Crippen LogP) is 2.16. The van der Waals surface area contributed by atoms with Crippen molar-refractivity contribution in [3.63, 3.8) is 0 Å². The van der Waals surface area contributed by atoms with Gasteiger partial charge in [0.2, 0.25) is 16.4 Å². The molecule has 0 atom stereocenters. The number of nitrogens with one attached hydrogen (secondary N) is 3. The van der Waals surface area contributed by atoms with E-state index in [1.165, 1.54) is 14.0 Å². The molecule has 3 rings (SSSR count). The van der Waals surface area contributed by atoms with Gasteiger partial charge in [0.15, 0.2) is 23.3 Å². The van der Waals surface area contributed by atoms with Gasteiger partial charge in [-0.05, 0) is 46.8 Å². The van der Waals surface area contributed by atoms with Crippen molar-refractivity contribution in [1.29, 1.82) is 0 Å². The van der Waals surface area contributed by atoms with Gasteiger partial charge >= 0.3 is 0 Å². The fourth-order valence-corrected chi connectivity index (χ4v) is 4.76. The van der Waals surface area contributed by atoms with Crippen molar-refractivity contribution in [3.8, 4) is 0 Å². The molecule has 15 heteroatoms. The molecule has 1 fully saturated rings. The lowest BCUT2D eigenvalue weighted by atomic mass is 10.1. The smallest absolute Gasteiger partial charge is 0.275 e. The number of sulfonamides is 1. The number of aromatic nitrogens is 1. The van der Waals surface area contributed by atoms with Gasteiger partial charge < -0.3 is 24.9 Å². The highest BCUT2D eigenvalue weighted by atomic mass is 32.2. The van der Waals surface area contributed by atoms with Crippen molar-refractivity contribution < 1.29 is 40.4 Å². The molecule has 1 aromatic carbocycles. The van der Waals surface area contributed by atoms with E-state index < -0.39 is 55.5 Å². The van der Waals surface area contributed by atoms with Crippen LogP contribution in [0.5, 0.6) is 0 Å². The highest BCUT2D eigenvalue weighted by Gasteiger charge is 2.31. The molecule has 212 valence electrons. The Balaban J connectivity index is 0.000000794. The van der Waals surface area contributed by atoms with E-state index in [0.29, 0.717) is 44.5 Å². The Morgan fingerprint density at radius 1 is 1.05 bits per heavy atom. The summed E-state index contributed by atoms with van der Waals surface area (Å²) in [5, 5.41) is 4.46.